The monoisotopic (exact) mass is 2040 g/mol. The molecule has 5 N–H and O–H groups in total. The second kappa shape index (κ2) is 48.3. The van der Waals surface area contributed by atoms with E-state index in [1.54, 1.807) is 0 Å². The highest BCUT2D eigenvalue weighted by molar-refractivity contribution is 7.59. The van der Waals surface area contributed by atoms with E-state index in [1.807, 2.05) is 48.5 Å². The molecule has 0 bridgehead atoms. The van der Waals surface area contributed by atoms with Crippen LogP contribution in [0.25, 0.3) is 0 Å². The molecule has 0 aliphatic heterocycles. The molecule has 0 aromatic carbocycles. The standard InChI is InChI=1S/C32H64O4Si2.C32H66O3Si2.2C26H52O3Si.H2S/c1-14-34-28(33)18-16-21-31(8,23-24-35-37(10,11)29(2,3)4)27-20-19-25-26(17-15-22-32(25,27)9)36-38(12,13)30(5,6)7;1-28(2,3)36(11,12)34-24-23-31(9,21-16-20-30(7,8)33)27-19-18-25-26(17-15-22-32(25,27)10)35-37(13,14)29(4,5)6;2*1-23(2,3)30(8,9)29-21-12-10-17-26(7)20(21)13-14-22(26)25(6,18-19-27)16-11-15-24(4,5)28;/h25-27H,14-24H2,1-13H3;25-27,33H,15-24H2,1-14H3;2*20-22,27-28H,10-19H2,1-9H3;1H2/t2*25?,26-,27?,31?,32-;20?,21-,22?,25?,26-;20?,21-,22?,25+,26-;/m0000./s1. The fourth-order valence-corrected chi connectivity index (χ4v) is 35.1. The molecule has 11 unspecified atom stereocenters. The normalized spacial score (nSPS) is 30.5. The summed E-state index contributed by atoms with van der Waals surface area (Å²) >= 11 is 0. The molecule has 20 heteroatoms. The highest BCUT2D eigenvalue weighted by Gasteiger charge is 2.64. The van der Waals surface area contributed by atoms with Crippen molar-refractivity contribution in [1.29, 1.82) is 0 Å². The van der Waals surface area contributed by atoms with Crippen molar-refractivity contribution in [2.24, 2.45) is 90.7 Å². The third-order valence-electron chi connectivity index (χ3n) is 41.9. The van der Waals surface area contributed by atoms with Crippen molar-refractivity contribution < 1.29 is 61.6 Å². The van der Waals surface area contributed by atoms with E-state index in [0.29, 0.717) is 106 Å². The van der Waals surface area contributed by atoms with Crippen LogP contribution in [0.2, 0.25) is 109 Å². The summed E-state index contributed by atoms with van der Waals surface area (Å²) in [4.78, 5) is 12.2. The SMILES string of the molecule is CC(C)(O)CCCC(C)(CCO)C1CCC2[C@@H](O[Si](C)(C)C(C)(C)C)CCC[C@@]21C.CC(C)(O)CCCC(C)(CCO[Si](C)(C)C(C)(C)C)C1CCC2[C@@H](O[Si](C)(C)C(C)(C)C)CCC[C@@]21C.CC(C)(O)CCC[C@](C)(CCO)C1CCC2[C@@H](O[Si](C)(C)C(C)(C)C)CCC[C@@]21C.CCOC(=O)CCCC(C)(CCO[Si](C)(C)C(C)(C)C)C1CCC2[C@@H](O[Si](C)(C)C(C)(C)C)CCC[C@@]21C.S. The molecule has 8 aliphatic carbocycles. The summed E-state index contributed by atoms with van der Waals surface area (Å²) in [7, 11) is -10.7. The first-order chi connectivity index (χ1) is 60.8. The topological polar surface area (TPSA) is 183 Å². The summed E-state index contributed by atoms with van der Waals surface area (Å²) in [6, 6.07) is 0. The van der Waals surface area contributed by atoms with Crippen LogP contribution in [0.15, 0.2) is 0 Å². The predicted molar refractivity (Wildman–Crippen MR) is 604 cm³/mol. The molecule has 13 nitrogen and oxygen atoms in total. The van der Waals surface area contributed by atoms with Gasteiger partial charge in [-0.2, -0.15) is 13.5 Å². The Hall–Kier alpha value is 0.681. The quantitative estimate of drug-likeness (QED) is 0.0288. The van der Waals surface area contributed by atoms with Crippen LogP contribution in [0.3, 0.4) is 0 Å². The molecule has 808 valence electrons. The Bertz CT molecular complexity index is 3460. The number of rotatable bonds is 41. The van der Waals surface area contributed by atoms with E-state index in [4.69, 9.17) is 31.3 Å². The van der Waals surface area contributed by atoms with Gasteiger partial charge in [0.15, 0.2) is 49.9 Å². The van der Waals surface area contributed by atoms with Gasteiger partial charge in [-0.25, -0.2) is 0 Å². The molecule has 0 aromatic rings. The first-order valence-electron chi connectivity index (χ1n) is 56.3. The van der Waals surface area contributed by atoms with Crippen molar-refractivity contribution in [2.75, 3.05) is 33.0 Å². The predicted octanol–water partition coefficient (Wildman–Crippen LogP) is 33.7. The molecular weight excluding hydrogens is 1800 g/mol. The molecule has 8 fully saturated rings. The van der Waals surface area contributed by atoms with Crippen molar-refractivity contribution in [2.45, 2.75) is 610 Å². The van der Waals surface area contributed by atoms with Crippen LogP contribution in [-0.2, 0) is 36.1 Å². The minimum absolute atomic E-state index is 0. The van der Waals surface area contributed by atoms with Crippen molar-refractivity contribution >= 4 is 69.4 Å². The third-order valence-corrected chi connectivity index (χ3v) is 69.0. The van der Waals surface area contributed by atoms with Gasteiger partial charge in [0.25, 0.3) is 0 Å². The van der Waals surface area contributed by atoms with Crippen LogP contribution < -0.4 is 0 Å². The molecule has 0 heterocycles. The minimum Gasteiger partial charge on any atom is -0.466 e. The van der Waals surface area contributed by atoms with Gasteiger partial charge < -0.3 is 56.8 Å². The summed E-state index contributed by atoms with van der Waals surface area (Å²) in [5.41, 5.74) is 0.121. The first-order valence-corrected chi connectivity index (χ1v) is 73.8. The number of esters is 1. The minimum atomic E-state index is -1.82. The Balaban J connectivity index is 0.000000380. The molecule has 0 saturated heterocycles. The number of hydrogen-bond donors (Lipinski definition) is 5. The maximum absolute atomic E-state index is 12.2. The fraction of sp³-hybridized carbons (Fsp3) is 0.991. The van der Waals surface area contributed by atoms with E-state index in [2.05, 4.69) is 259 Å². The summed E-state index contributed by atoms with van der Waals surface area (Å²) in [6.45, 7) is 107. The van der Waals surface area contributed by atoms with Gasteiger partial charge in [0, 0.05) is 57.3 Å². The largest absolute Gasteiger partial charge is 0.466 e. The second-order valence-corrected chi connectivity index (χ2v) is 88.8. The van der Waals surface area contributed by atoms with E-state index in [-0.39, 0.29) is 84.6 Å². The van der Waals surface area contributed by atoms with Gasteiger partial charge in [-0.3, -0.25) is 4.79 Å². The van der Waals surface area contributed by atoms with Crippen LogP contribution in [0.1, 0.15) is 460 Å². The van der Waals surface area contributed by atoms with Crippen LogP contribution >= 0.6 is 13.5 Å². The molecule has 8 rings (SSSR count). The van der Waals surface area contributed by atoms with E-state index in [0.717, 1.165) is 103 Å². The highest BCUT2D eigenvalue weighted by Crippen LogP contribution is 2.69. The van der Waals surface area contributed by atoms with Gasteiger partial charge in [0.2, 0.25) is 0 Å². The summed E-state index contributed by atoms with van der Waals surface area (Å²) in [5, 5.41) is 52.2. The Morgan fingerprint density at radius 2 is 0.500 bits per heavy atom. The lowest BCUT2D eigenvalue weighted by Crippen LogP contribution is -2.51. The number of aliphatic hydroxyl groups excluding tert-OH is 2. The van der Waals surface area contributed by atoms with Crippen LogP contribution in [-0.4, -0.2) is 156 Å². The number of ether oxygens (including phenoxy) is 1. The molecular formula is C116H236O13SSi6. The number of carbonyl (C=O) groups excluding carboxylic acids is 1. The smallest absolute Gasteiger partial charge is 0.305 e. The van der Waals surface area contributed by atoms with E-state index in [9.17, 15) is 30.3 Å². The van der Waals surface area contributed by atoms with Crippen LogP contribution in [0.4, 0.5) is 0 Å². The highest BCUT2D eigenvalue weighted by atomic mass is 32.1. The lowest BCUT2D eigenvalue weighted by Gasteiger charge is -2.53. The van der Waals surface area contributed by atoms with Gasteiger partial charge in [-0.1, -0.05) is 225 Å². The Morgan fingerprint density at radius 1 is 0.294 bits per heavy atom. The molecule has 136 heavy (non-hydrogen) atoms. The van der Waals surface area contributed by atoms with Crippen LogP contribution in [0, 0.1) is 90.7 Å². The number of fused-ring (bicyclic) bond motifs is 4. The number of carbonyl (C=O) groups is 1. The van der Waals surface area contributed by atoms with E-state index < -0.39 is 66.7 Å². The van der Waals surface area contributed by atoms with Gasteiger partial charge in [-0.15, -0.1) is 0 Å². The third kappa shape index (κ3) is 33.3. The summed E-state index contributed by atoms with van der Waals surface area (Å²) in [6.07, 6.45) is 42.6. The average molecular weight is 2040 g/mol. The fourth-order valence-electron chi connectivity index (χ4n) is 27.4. The summed E-state index contributed by atoms with van der Waals surface area (Å²) in [5.74, 6) is 5.16. The zero-order valence-corrected chi connectivity index (χ0v) is 106. The van der Waals surface area contributed by atoms with Crippen molar-refractivity contribution in [3.05, 3.63) is 0 Å². The Morgan fingerprint density at radius 3 is 0.691 bits per heavy atom. The molecule has 0 spiro atoms. The van der Waals surface area contributed by atoms with Crippen molar-refractivity contribution in [1.82, 2.24) is 0 Å². The Labute approximate surface area is 858 Å². The number of aliphatic hydroxyl groups is 5. The molecule has 8 saturated carbocycles. The van der Waals surface area contributed by atoms with Crippen molar-refractivity contribution in [3.8, 4) is 0 Å². The summed E-state index contributed by atoms with van der Waals surface area (Å²) < 4.78 is 47.1. The molecule has 20 atom stereocenters. The lowest BCUT2D eigenvalue weighted by molar-refractivity contribution is -0.143. The van der Waals surface area contributed by atoms with Crippen molar-refractivity contribution in [3.63, 3.8) is 0 Å². The second-order valence-electron chi connectivity index (χ2n) is 60.1. The maximum atomic E-state index is 12.2. The molecule has 0 radical (unpaired) electrons. The van der Waals surface area contributed by atoms with Gasteiger partial charge in [0.05, 0.1) is 23.4 Å². The van der Waals surface area contributed by atoms with E-state index in [1.165, 1.54) is 135 Å². The zero-order valence-electron chi connectivity index (χ0n) is 98.9. The molecule has 0 amide bonds. The van der Waals surface area contributed by atoms with Gasteiger partial charge >= 0.3 is 5.97 Å². The lowest BCUT2D eigenvalue weighted by atomic mass is 9.56. The van der Waals surface area contributed by atoms with E-state index >= 15 is 0 Å². The first kappa shape index (κ1) is 129. The van der Waals surface area contributed by atoms with Gasteiger partial charge in [0.1, 0.15) is 0 Å². The average Bonchev–Trinajstić information content (AvgIpc) is 1.59. The number of hydrogen-bond acceptors (Lipinski definition) is 13. The van der Waals surface area contributed by atoms with Crippen LogP contribution in [0.5, 0.6) is 0 Å². The molecule has 0 aromatic heterocycles. The zero-order chi connectivity index (χ0) is 104. The Kier molecular flexibility index (Phi) is 45.8. The molecule has 8 aliphatic rings. The van der Waals surface area contributed by atoms with Gasteiger partial charge in [-0.05, 0) is 428 Å². The maximum Gasteiger partial charge on any atom is 0.305 e.